The van der Waals surface area contributed by atoms with Gasteiger partial charge in [-0.2, -0.15) is 0 Å². The summed E-state index contributed by atoms with van der Waals surface area (Å²) in [4.78, 5) is 29.2. The van der Waals surface area contributed by atoms with Gasteiger partial charge in [-0.15, -0.1) is 0 Å². The molecule has 6 heteroatoms. The number of carbonyl (C=O) groups is 2. The van der Waals surface area contributed by atoms with Crippen molar-refractivity contribution in [3.63, 3.8) is 0 Å². The van der Waals surface area contributed by atoms with Crippen LogP contribution in [0.2, 0.25) is 0 Å². The largest absolute Gasteiger partial charge is 0.481 e. The lowest BCUT2D eigenvalue weighted by atomic mass is 10.1. The van der Waals surface area contributed by atoms with Crippen molar-refractivity contribution in [3.8, 4) is 0 Å². The Kier molecular flexibility index (Phi) is 4.29. The number of carboxylic acids is 1. The zero-order valence-corrected chi connectivity index (χ0v) is 11.7. The fraction of sp³-hybridized carbons (Fsp3) is 0.846. The van der Waals surface area contributed by atoms with Gasteiger partial charge in [0.15, 0.2) is 0 Å². The molecule has 2 rings (SSSR count). The molecule has 0 saturated carbocycles. The van der Waals surface area contributed by atoms with E-state index in [4.69, 9.17) is 5.11 Å². The Morgan fingerprint density at radius 3 is 2.63 bits per heavy atom. The summed E-state index contributed by atoms with van der Waals surface area (Å²) in [5, 5.41) is 8.90. The Morgan fingerprint density at radius 2 is 2.00 bits per heavy atom. The number of nitrogens with zero attached hydrogens (tertiary/aromatic N) is 3. The first-order valence-corrected chi connectivity index (χ1v) is 6.96. The lowest BCUT2D eigenvalue weighted by Gasteiger charge is -2.40. The molecule has 1 N–H and O–H groups in total. The summed E-state index contributed by atoms with van der Waals surface area (Å²) in [5.74, 6) is -0.823. The van der Waals surface area contributed by atoms with Crippen LogP contribution in [0.15, 0.2) is 0 Å². The topological polar surface area (TPSA) is 64.1 Å². The van der Waals surface area contributed by atoms with Gasteiger partial charge in [-0.3, -0.25) is 4.79 Å². The van der Waals surface area contributed by atoms with E-state index in [1.54, 1.807) is 4.90 Å². The minimum atomic E-state index is -0.823. The number of likely N-dealkylation sites (N-methyl/N-ethyl adjacent to an activating group) is 1. The molecule has 0 aromatic carbocycles. The van der Waals surface area contributed by atoms with Crippen molar-refractivity contribution < 1.29 is 14.7 Å². The van der Waals surface area contributed by atoms with Crippen LogP contribution in [0.3, 0.4) is 0 Å². The van der Waals surface area contributed by atoms with E-state index in [2.05, 4.69) is 18.9 Å². The van der Waals surface area contributed by atoms with E-state index in [0.29, 0.717) is 12.6 Å². The smallest absolute Gasteiger partial charge is 0.320 e. The lowest BCUT2D eigenvalue weighted by Crippen LogP contribution is -2.56. The maximum Gasteiger partial charge on any atom is 0.320 e. The van der Waals surface area contributed by atoms with Crippen LogP contribution in [0.1, 0.15) is 26.2 Å². The summed E-state index contributed by atoms with van der Waals surface area (Å²) in [7, 11) is 2.07. The molecular formula is C13H23N3O3. The van der Waals surface area contributed by atoms with Crippen LogP contribution in [0, 0.1) is 0 Å². The van der Waals surface area contributed by atoms with Crippen molar-refractivity contribution in [3.05, 3.63) is 0 Å². The number of likely N-dealkylation sites (tertiary alicyclic amines) is 1. The molecule has 0 aromatic rings. The highest BCUT2D eigenvalue weighted by molar-refractivity contribution is 5.76. The van der Waals surface area contributed by atoms with Crippen molar-refractivity contribution >= 4 is 12.0 Å². The average molecular weight is 269 g/mol. The van der Waals surface area contributed by atoms with E-state index in [1.807, 2.05) is 4.90 Å². The van der Waals surface area contributed by atoms with E-state index in [9.17, 15) is 9.59 Å². The highest BCUT2D eigenvalue weighted by Crippen LogP contribution is 2.22. The summed E-state index contributed by atoms with van der Waals surface area (Å²) in [6, 6.07) is 0.252. The van der Waals surface area contributed by atoms with Gasteiger partial charge in [0.05, 0.1) is 6.42 Å². The van der Waals surface area contributed by atoms with E-state index >= 15 is 0 Å². The predicted molar refractivity (Wildman–Crippen MR) is 71.0 cm³/mol. The maximum atomic E-state index is 12.5. The minimum Gasteiger partial charge on any atom is -0.481 e. The molecule has 0 aromatic heterocycles. The first-order chi connectivity index (χ1) is 8.99. The molecule has 2 aliphatic heterocycles. The predicted octanol–water partition coefficient (Wildman–Crippen LogP) is 0.681. The van der Waals surface area contributed by atoms with Crippen LogP contribution in [-0.4, -0.2) is 77.1 Å². The number of amides is 2. The molecule has 2 saturated heterocycles. The molecule has 19 heavy (non-hydrogen) atoms. The van der Waals surface area contributed by atoms with Gasteiger partial charge in [-0.1, -0.05) is 0 Å². The van der Waals surface area contributed by atoms with Gasteiger partial charge >= 0.3 is 12.0 Å². The molecule has 2 heterocycles. The molecule has 6 nitrogen and oxygen atoms in total. The van der Waals surface area contributed by atoms with E-state index in [0.717, 1.165) is 32.5 Å². The molecule has 2 aliphatic rings. The zero-order chi connectivity index (χ0) is 14.0. The van der Waals surface area contributed by atoms with Crippen molar-refractivity contribution in [2.45, 2.75) is 38.3 Å². The first-order valence-electron chi connectivity index (χ1n) is 6.96. The van der Waals surface area contributed by atoms with Crippen LogP contribution < -0.4 is 0 Å². The number of carbonyl (C=O) groups excluding carboxylic acids is 1. The highest BCUT2D eigenvalue weighted by Gasteiger charge is 2.34. The van der Waals surface area contributed by atoms with E-state index in [1.165, 1.54) is 0 Å². The fourth-order valence-electron chi connectivity index (χ4n) is 2.91. The average Bonchev–Trinajstić information content (AvgIpc) is 2.79. The fourth-order valence-corrected chi connectivity index (χ4v) is 2.91. The van der Waals surface area contributed by atoms with Gasteiger partial charge in [0, 0.05) is 38.3 Å². The van der Waals surface area contributed by atoms with Gasteiger partial charge in [-0.05, 0) is 26.8 Å². The molecule has 0 spiro atoms. The second kappa shape index (κ2) is 5.77. The number of rotatable bonds is 2. The molecule has 2 fully saturated rings. The summed E-state index contributed by atoms with van der Waals surface area (Å²) < 4.78 is 0. The number of aliphatic carboxylic acids is 1. The quantitative estimate of drug-likeness (QED) is 0.801. The summed E-state index contributed by atoms with van der Waals surface area (Å²) in [5.41, 5.74) is 0. The van der Waals surface area contributed by atoms with Crippen molar-refractivity contribution in [1.29, 1.82) is 0 Å². The number of carboxylic acid groups (broad SMARTS) is 1. The van der Waals surface area contributed by atoms with Crippen molar-refractivity contribution in [2.24, 2.45) is 0 Å². The Bertz CT molecular complexity index is 361. The second-order valence-electron chi connectivity index (χ2n) is 5.65. The van der Waals surface area contributed by atoms with Crippen LogP contribution in [0.5, 0.6) is 0 Å². The maximum absolute atomic E-state index is 12.5. The Hall–Kier alpha value is -1.30. The van der Waals surface area contributed by atoms with Gasteiger partial charge in [0.1, 0.15) is 0 Å². The van der Waals surface area contributed by atoms with Crippen LogP contribution in [0.25, 0.3) is 0 Å². The van der Waals surface area contributed by atoms with Crippen LogP contribution in [-0.2, 0) is 4.79 Å². The SMILES string of the molecule is CC1CN(C(=O)N2CCCC2CC(=O)O)CCN1C. The van der Waals surface area contributed by atoms with Crippen molar-refractivity contribution in [2.75, 3.05) is 33.2 Å². The Balaban J connectivity index is 1.96. The molecule has 2 atom stereocenters. The number of urea groups is 1. The third-order valence-corrected chi connectivity index (χ3v) is 4.26. The third-order valence-electron chi connectivity index (χ3n) is 4.26. The lowest BCUT2D eigenvalue weighted by molar-refractivity contribution is -0.138. The molecule has 0 bridgehead atoms. The Morgan fingerprint density at radius 1 is 1.26 bits per heavy atom. The van der Waals surface area contributed by atoms with Crippen LogP contribution in [0.4, 0.5) is 4.79 Å². The summed E-state index contributed by atoms with van der Waals surface area (Å²) in [6.45, 7) is 5.14. The van der Waals surface area contributed by atoms with Crippen molar-refractivity contribution in [1.82, 2.24) is 14.7 Å². The van der Waals surface area contributed by atoms with Gasteiger partial charge in [0.2, 0.25) is 0 Å². The Labute approximate surface area is 114 Å². The second-order valence-corrected chi connectivity index (χ2v) is 5.65. The summed E-state index contributed by atoms with van der Waals surface area (Å²) in [6.07, 6.45) is 1.78. The molecule has 108 valence electrons. The minimum absolute atomic E-state index is 0.0173. The molecule has 2 unspecified atom stereocenters. The first kappa shape index (κ1) is 14.1. The normalized spacial score (nSPS) is 28.7. The number of hydrogen-bond donors (Lipinski definition) is 1. The van der Waals surface area contributed by atoms with E-state index < -0.39 is 5.97 Å². The monoisotopic (exact) mass is 269 g/mol. The van der Waals surface area contributed by atoms with Gasteiger partial charge < -0.3 is 19.8 Å². The zero-order valence-electron chi connectivity index (χ0n) is 11.7. The summed E-state index contributed by atoms with van der Waals surface area (Å²) >= 11 is 0. The van der Waals surface area contributed by atoms with Gasteiger partial charge in [0.25, 0.3) is 0 Å². The highest BCUT2D eigenvalue weighted by atomic mass is 16.4. The van der Waals surface area contributed by atoms with Gasteiger partial charge in [-0.25, -0.2) is 4.79 Å². The number of piperazine rings is 1. The molecular weight excluding hydrogens is 246 g/mol. The third kappa shape index (κ3) is 3.18. The molecule has 2 amide bonds. The molecule has 0 aliphatic carbocycles. The van der Waals surface area contributed by atoms with Crippen LogP contribution >= 0.6 is 0 Å². The van der Waals surface area contributed by atoms with E-state index in [-0.39, 0.29) is 18.5 Å². The standard InChI is InChI=1S/C13H23N3O3/c1-10-9-15(7-6-14(10)2)13(19)16-5-3-4-11(16)8-12(17)18/h10-11H,3-9H2,1-2H3,(H,17,18). The number of hydrogen-bond acceptors (Lipinski definition) is 3. The molecule has 0 radical (unpaired) electrons.